The molecule has 150 valence electrons. The van der Waals surface area contributed by atoms with Gasteiger partial charge >= 0.3 is 0 Å². The molecule has 0 unspecified atom stereocenters. The van der Waals surface area contributed by atoms with Crippen molar-refractivity contribution in [2.75, 3.05) is 16.4 Å². The van der Waals surface area contributed by atoms with Crippen LogP contribution in [0.5, 0.6) is 0 Å². The van der Waals surface area contributed by atoms with Crippen molar-refractivity contribution in [1.29, 1.82) is 0 Å². The molecule has 29 heavy (non-hydrogen) atoms. The van der Waals surface area contributed by atoms with Gasteiger partial charge in [0, 0.05) is 22.7 Å². The quantitative estimate of drug-likeness (QED) is 0.484. The van der Waals surface area contributed by atoms with Crippen molar-refractivity contribution in [3.8, 4) is 11.5 Å². The lowest BCUT2D eigenvalue weighted by atomic mass is 10.2. The van der Waals surface area contributed by atoms with Crippen molar-refractivity contribution in [2.45, 2.75) is 18.6 Å². The molecule has 2 amide bonds. The summed E-state index contributed by atoms with van der Waals surface area (Å²) in [6.45, 7) is 1.75. The lowest BCUT2D eigenvalue weighted by Gasteiger charge is -2.10. The molecule has 0 saturated carbocycles. The number of amides is 2. The zero-order valence-corrected chi connectivity index (χ0v) is 17.6. The first-order chi connectivity index (χ1) is 13.9. The average molecular weight is 451 g/mol. The molecule has 0 fully saturated rings. The summed E-state index contributed by atoms with van der Waals surface area (Å²) >= 11 is 13.1. The van der Waals surface area contributed by atoms with Gasteiger partial charge in [-0.15, -0.1) is 10.2 Å². The minimum atomic E-state index is -0.304. The number of benzene rings is 2. The number of nitrogens with zero attached hydrogens (tertiary/aromatic N) is 2. The zero-order chi connectivity index (χ0) is 20.8. The van der Waals surface area contributed by atoms with Crippen molar-refractivity contribution in [3.63, 3.8) is 0 Å². The molecule has 0 aliphatic carbocycles. The summed E-state index contributed by atoms with van der Waals surface area (Å²) in [4.78, 5) is 23.8. The second-order valence-electron chi connectivity index (χ2n) is 5.81. The van der Waals surface area contributed by atoms with Crippen molar-refractivity contribution >= 4 is 58.2 Å². The van der Waals surface area contributed by atoms with E-state index in [4.69, 9.17) is 27.6 Å². The Morgan fingerprint density at radius 1 is 1.03 bits per heavy atom. The van der Waals surface area contributed by atoms with Gasteiger partial charge in [-0.3, -0.25) is 9.59 Å². The molecular formula is C19H16Cl2N4O3S. The minimum absolute atomic E-state index is 0.0458. The highest BCUT2D eigenvalue weighted by molar-refractivity contribution is 7.99. The van der Waals surface area contributed by atoms with Gasteiger partial charge < -0.3 is 15.1 Å². The molecule has 7 nitrogen and oxygen atoms in total. The number of hydrogen-bond donors (Lipinski definition) is 2. The molecule has 1 aromatic heterocycles. The van der Waals surface area contributed by atoms with Crippen LogP contribution in [-0.4, -0.2) is 27.8 Å². The molecule has 2 aromatic carbocycles. The molecule has 0 radical (unpaired) electrons. The van der Waals surface area contributed by atoms with E-state index in [0.29, 0.717) is 33.7 Å². The van der Waals surface area contributed by atoms with Crippen LogP contribution < -0.4 is 10.6 Å². The Morgan fingerprint density at radius 2 is 1.79 bits per heavy atom. The van der Waals surface area contributed by atoms with Gasteiger partial charge in [0.05, 0.1) is 16.5 Å². The molecule has 2 N–H and O–H groups in total. The number of carbonyl (C=O) groups excluding carboxylic acids is 2. The van der Waals surface area contributed by atoms with Gasteiger partial charge in [-0.2, -0.15) is 0 Å². The number of hydrogen-bond acceptors (Lipinski definition) is 6. The molecule has 0 bridgehead atoms. The predicted molar refractivity (Wildman–Crippen MR) is 114 cm³/mol. The Kier molecular flexibility index (Phi) is 7.13. The van der Waals surface area contributed by atoms with E-state index in [2.05, 4.69) is 20.8 Å². The standard InChI is InChI=1S/C19H16Cl2N4O3S/c1-2-16(26)22-13-7-8-14(21)15(9-13)23-17(27)10-29-19-25-24-18(28-19)11-3-5-12(20)6-4-11/h3-9H,2,10H2,1H3,(H,22,26)(H,23,27). The van der Waals surface area contributed by atoms with Crippen LogP contribution in [0.3, 0.4) is 0 Å². The van der Waals surface area contributed by atoms with Crippen LogP contribution in [0, 0.1) is 0 Å². The first-order valence-corrected chi connectivity index (χ1v) is 10.3. The molecule has 0 saturated heterocycles. The van der Waals surface area contributed by atoms with Gasteiger partial charge in [-0.25, -0.2) is 0 Å². The number of anilines is 2. The normalized spacial score (nSPS) is 10.6. The third-order valence-electron chi connectivity index (χ3n) is 3.67. The molecule has 3 aromatic rings. The van der Waals surface area contributed by atoms with E-state index in [0.717, 1.165) is 17.3 Å². The average Bonchev–Trinajstić information content (AvgIpc) is 3.18. The summed E-state index contributed by atoms with van der Waals surface area (Å²) in [6.07, 6.45) is 0.350. The number of rotatable bonds is 7. The molecular weight excluding hydrogens is 435 g/mol. The van der Waals surface area contributed by atoms with E-state index in [9.17, 15) is 9.59 Å². The molecule has 1 heterocycles. The van der Waals surface area contributed by atoms with E-state index in [-0.39, 0.29) is 22.8 Å². The largest absolute Gasteiger partial charge is 0.411 e. The van der Waals surface area contributed by atoms with Crippen LogP contribution in [0.1, 0.15) is 13.3 Å². The first-order valence-electron chi connectivity index (χ1n) is 8.56. The number of nitrogens with one attached hydrogen (secondary N) is 2. The molecule has 0 atom stereocenters. The highest BCUT2D eigenvalue weighted by atomic mass is 35.5. The third kappa shape index (κ3) is 5.96. The molecule has 0 spiro atoms. The summed E-state index contributed by atoms with van der Waals surface area (Å²) in [5.74, 6) is -0.0495. The van der Waals surface area contributed by atoms with E-state index in [1.165, 1.54) is 0 Å². The van der Waals surface area contributed by atoms with Gasteiger partial charge in [0.25, 0.3) is 5.22 Å². The highest BCUT2D eigenvalue weighted by Crippen LogP contribution is 2.27. The Morgan fingerprint density at radius 3 is 2.52 bits per heavy atom. The summed E-state index contributed by atoms with van der Waals surface area (Å²) in [7, 11) is 0. The molecule has 10 heteroatoms. The fourth-order valence-electron chi connectivity index (χ4n) is 2.24. The number of carbonyl (C=O) groups is 2. The maximum Gasteiger partial charge on any atom is 0.277 e. The lowest BCUT2D eigenvalue weighted by Crippen LogP contribution is -2.15. The van der Waals surface area contributed by atoms with Crippen LogP contribution in [0.2, 0.25) is 10.0 Å². The number of aromatic nitrogens is 2. The second-order valence-corrected chi connectivity index (χ2v) is 7.58. The maximum atomic E-state index is 12.3. The summed E-state index contributed by atoms with van der Waals surface area (Å²) in [5, 5.41) is 14.6. The van der Waals surface area contributed by atoms with Crippen molar-refractivity contribution in [3.05, 3.63) is 52.5 Å². The fourth-order valence-corrected chi connectivity index (χ4v) is 3.09. The monoisotopic (exact) mass is 450 g/mol. The van der Waals surface area contributed by atoms with E-state index in [1.807, 2.05) is 0 Å². The second kappa shape index (κ2) is 9.78. The van der Waals surface area contributed by atoms with Crippen LogP contribution in [0.4, 0.5) is 11.4 Å². The predicted octanol–water partition coefficient (Wildman–Crippen LogP) is 5.12. The third-order valence-corrected chi connectivity index (χ3v) is 5.07. The van der Waals surface area contributed by atoms with E-state index in [1.54, 1.807) is 49.4 Å². The van der Waals surface area contributed by atoms with Crippen molar-refractivity contribution in [1.82, 2.24) is 10.2 Å². The van der Waals surface area contributed by atoms with Gasteiger partial charge in [0.1, 0.15) is 0 Å². The fraction of sp³-hybridized carbons (Fsp3) is 0.158. The molecule has 3 rings (SSSR count). The van der Waals surface area contributed by atoms with Gasteiger partial charge in [0.15, 0.2) is 0 Å². The summed E-state index contributed by atoms with van der Waals surface area (Å²) in [6, 6.07) is 11.9. The van der Waals surface area contributed by atoms with Crippen LogP contribution in [-0.2, 0) is 9.59 Å². The maximum absolute atomic E-state index is 12.3. The van der Waals surface area contributed by atoms with Crippen LogP contribution >= 0.6 is 35.0 Å². The Hall–Kier alpha value is -2.55. The zero-order valence-electron chi connectivity index (χ0n) is 15.2. The Bertz CT molecular complexity index is 1020. The number of thioether (sulfide) groups is 1. The van der Waals surface area contributed by atoms with Gasteiger partial charge in [-0.05, 0) is 42.5 Å². The topological polar surface area (TPSA) is 97.1 Å². The first kappa shape index (κ1) is 21.2. The lowest BCUT2D eigenvalue weighted by molar-refractivity contribution is -0.116. The number of halogens is 2. The Balaban J connectivity index is 1.58. The highest BCUT2D eigenvalue weighted by Gasteiger charge is 2.13. The van der Waals surface area contributed by atoms with Crippen molar-refractivity contribution < 1.29 is 14.0 Å². The van der Waals surface area contributed by atoms with Crippen LogP contribution in [0.15, 0.2) is 52.1 Å². The van der Waals surface area contributed by atoms with Crippen LogP contribution in [0.25, 0.3) is 11.5 Å². The molecule has 0 aliphatic heterocycles. The van der Waals surface area contributed by atoms with Gasteiger partial charge in [0.2, 0.25) is 17.7 Å². The van der Waals surface area contributed by atoms with E-state index < -0.39 is 0 Å². The minimum Gasteiger partial charge on any atom is -0.411 e. The van der Waals surface area contributed by atoms with E-state index >= 15 is 0 Å². The van der Waals surface area contributed by atoms with Gasteiger partial charge in [-0.1, -0.05) is 41.9 Å². The summed E-state index contributed by atoms with van der Waals surface area (Å²) in [5.41, 5.74) is 1.68. The smallest absolute Gasteiger partial charge is 0.277 e. The SMILES string of the molecule is CCC(=O)Nc1ccc(Cl)c(NC(=O)CSc2nnc(-c3ccc(Cl)cc3)o2)c1. The Labute approximate surface area is 181 Å². The molecule has 0 aliphatic rings. The van der Waals surface area contributed by atoms with Crippen molar-refractivity contribution in [2.24, 2.45) is 0 Å². The summed E-state index contributed by atoms with van der Waals surface area (Å²) < 4.78 is 5.55.